The van der Waals surface area contributed by atoms with Gasteiger partial charge in [0.25, 0.3) is 0 Å². The normalized spacial score (nSPS) is 10.2. The molecule has 0 unspecified atom stereocenters. The maximum Gasteiger partial charge on any atom is 0.311 e. The Morgan fingerprint density at radius 2 is 1.91 bits per heavy atom. The van der Waals surface area contributed by atoms with Crippen molar-refractivity contribution in [2.45, 2.75) is 6.92 Å². The Morgan fingerprint density at radius 3 is 2.50 bits per heavy atom. The van der Waals surface area contributed by atoms with Crippen molar-refractivity contribution in [2.24, 2.45) is 7.05 Å². The molecule has 2 aromatic heterocycles. The van der Waals surface area contributed by atoms with E-state index >= 15 is 0 Å². The number of nitrogens with one attached hydrogen (secondary N) is 1. The van der Waals surface area contributed by atoms with Gasteiger partial charge in [0.15, 0.2) is 11.6 Å². The van der Waals surface area contributed by atoms with Crippen molar-refractivity contribution < 1.29 is 14.4 Å². The van der Waals surface area contributed by atoms with Gasteiger partial charge < -0.3 is 15.2 Å². The van der Waals surface area contributed by atoms with Crippen LogP contribution in [-0.2, 0) is 7.05 Å². The fourth-order valence-electron chi connectivity index (χ4n) is 2.83. The van der Waals surface area contributed by atoms with Crippen LogP contribution in [0.3, 0.4) is 0 Å². The van der Waals surface area contributed by atoms with Crippen molar-refractivity contribution in [3.8, 4) is 34.3 Å². The van der Waals surface area contributed by atoms with Crippen LogP contribution in [0.5, 0.6) is 11.5 Å². The summed E-state index contributed by atoms with van der Waals surface area (Å²) < 4.78 is 12.1. The third kappa shape index (κ3) is 4.58. The first-order valence-electron chi connectivity index (χ1n) is 9.27. The van der Waals surface area contributed by atoms with Crippen molar-refractivity contribution in [3.63, 3.8) is 0 Å². The van der Waals surface area contributed by atoms with Gasteiger partial charge in [0, 0.05) is 13.1 Å². The van der Waals surface area contributed by atoms with Gasteiger partial charge in [-0.25, -0.2) is 4.68 Å². The van der Waals surface area contributed by atoms with Crippen molar-refractivity contribution >= 4 is 11.4 Å². The SMILES string of the molecule is CCOc1c(N)cccc1-c1nnnn1C.COc1c(-c2nn[nH]n2)cccc1[N+](=O)[O-]. The summed E-state index contributed by atoms with van der Waals surface area (Å²) in [5.41, 5.74) is 7.53. The molecule has 0 saturated carbocycles. The van der Waals surface area contributed by atoms with Gasteiger partial charge in [-0.05, 0) is 40.8 Å². The van der Waals surface area contributed by atoms with Crippen molar-refractivity contribution in [2.75, 3.05) is 19.5 Å². The van der Waals surface area contributed by atoms with E-state index in [9.17, 15) is 10.1 Å². The van der Waals surface area contributed by atoms with E-state index in [-0.39, 0.29) is 17.3 Å². The monoisotopic (exact) mass is 440 g/mol. The first-order chi connectivity index (χ1) is 15.5. The van der Waals surface area contributed by atoms with Gasteiger partial charge >= 0.3 is 5.69 Å². The summed E-state index contributed by atoms with van der Waals surface area (Å²) in [6.07, 6.45) is 0. The minimum Gasteiger partial charge on any atom is -0.491 e. The molecule has 0 aliphatic carbocycles. The fourth-order valence-corrected chi connectivity index (χ4v) is 2.83. The van der Waals surface area contributed by atoms with Crippen LogP contribution < -0.4 is 15.2 Å². The molecule has 4 rings (SSSR count). The van der Waals surface area contributed by atoms with Gasteiger partial charge in [0.2, 0.25) is 11.6 Å². The smallest absolute Gasteiger partial charge is 0.311 e. The van der Waals surface area contributed by atoms with E-state index in [1.807, 2.05) is 19.1 Å². The van der Waals surface area contributed by atoms with E-state index < -0.39 is 4.92 Å². The molecule has 14 heteroatoms. The number of para-hydroxylation sites is 2. The summed E-state index contributed by atoms with van der Waals surface area (Å²) in [6, 6.07) is 10.0. The Morgan fingerprint density at radius 1 is 1.16 bits per heavy atom. The number of benzene rings is 2. The Labute approximate surface area is 181 Å². The van der Waals surface area contributed by atoms with Crippen LogP contribution in [0, 0.1) is 10.1 Å². The van der Waals surface area contributed by atoms with Crippen molar-refractivity contribution in [1.82, 2.24) is 40.8 Å². The van der Waals surface area contributed by atoms with Crippen LogP contribution >= 0.6 is 0 Å². The topological polar surface area (TPSA) is 186 Å². The van der Waals surface area contributed by atoms with Crippen LogP contribution in [0.25, 0.3) is 22.8 Å². The summed E-state index contributed by atoms with van der Waals surface area (Å²) in [7, 11) is 3.13. The number of ether oxygens (including phenoxy) is 2. The number of aromatic amines is 1. The van der Waals surface area contributed by atoms with E-state index in [1.54, 1.807) is 23.9 Å². The first-order valence-corrected chi connectivity index (χ1v) is 9.27. The number of hydrogen-bond acceptors (Lipinski definition) is 11. The predicted molar refractivity (Wildman–Crippen MR) is 113 cm³/mol. The Bertz CT molecular complexity index is 1190. The number of nitrogens with zero attached hydrogens (tertiary/aromatic N) is 8. The van der Waals surface area contributed by atoms with Crippen LogP contribution in [0.2, 0.25) is 0 Å². The molecule has 0 atom stereocenters. The summed E-state index contributed by atoms with van der Waals surface area (Å²) in [5.74, 6) is 1.63. The number of methoxy groups -OCH3 is 1. The molecule has 0 aliphatic heterocycles. The zero-order valence-corrected chi connectivity index (χ0v) is 17.5. The highest BCUT2D eigenvalue weighted by molar-refractivity contribution is 5.73. The van der Waals surface area contributed by atoms with Gasteiger partial charge in [-0.3, -0.25) is 10.1 Å². The van der Waals surface area contributed by atoms with Gasteiger partial charge in [0.1, 0.15) is 0 Å². The molecular weight excluding hydrogens is 420 g/mol. The number of nitro benzene ring substituents is 1. The molecule has 2 aromatic carbocycles. The molecule has 0 spiro atoms. The molecule has 166 valence electrons. The molecule has 0 radical (unpaired) electrons. The van der Waals surface area contributed by atoms with Crippen molar-refractivity contribution in [1.29, 1.82) is 0 Å². The van der Waals surface area contributed by atoms with Gasteiger partial charge in [0.05, 0.1) is 35.5 Å². The molecule has 2 heterocycles. The van der Waals surface area contributed by atoms with Crippen LogP contribution in [0.15, 0.2) is 36.4 Å². The summed E-state index contributed by atoms with van der Waals surface area (Å²) >= 11 is 0. The lowest BCUT2D eigenvalue weighted by atomic mass is 10.1. The van der Waals surface area contributed by atoms with Gasteiger partial charge in [-0.15, -0.1) is 15.3 Å². The van der Waals surface area contributed by atoms with Gasteiger partial charge in [-0.2, -0.15) is 5.21 Å². The Kier molecular flexibility index (Phi) is 6.85. The summed E-state index contributed by atoms with van der Waals surface area (Å²) in [4.78, 5) is 10.2. The number of rotatable bonds is 6. The number of nitrogen functional groups attached to an aromatic ring is 1. The average Bonchev–Trinajstić information content (AvgIpc) is 3.47. The van der Waals surface area contributed by atoms with Crippen LogP contribution in [-0.4, -0.2) is 59.5 Å². The van der Waals surface area contributed by atoms with Crippen LogP contribution in [0.4, 0.5) is 11.4 Å². The second-order valence-electron chi connectivity index (χ2n) is 6.13. The highest BCUT2D eigenvalue weighted by Gasteiger charge is 2.21. The zero-order chi connectivity index (χ0) is 23.1. The minimum atomic E-state index is -0.525. The molecule has 3 N–H and O–H groups in total. The lowest BCUT2D eigenvalue weighted by Crippen LogP contribution is -2.02. The van der Waals surface area contributed by atoms with E-state index in [4.69, 9.17) is 15.2 Å². The molecule has 14 nitrogen and oxygen atoms in total. The molecule has 32 heavy (non-hydrogen) atoms. The van der Waals surface area contributed by atoms with Crippen molar-refractivity contribution in [3.05, 3.63) is 46.5 Å². The van der Waals surface area contributed by atoms with E-state index in [2.05, 4.69) is 36.1 Å². The van der Waals surface area contributed by atoms with Crippen LogP contribution in [0.1, 0.15) is 6.92 Å². The fraction of sp³-hybridized carbons (Fsp3) is 0.222. The number of tetrazole rings is 2. The number of nitro groups is 1. The maximum atomic E-state index is 10.8. The molecule has 0 saturated heterocycles. The molecule has 0 bridgehead atoms. The molecule has 0 amide bonds. The van der Waals surface area contributed by atoms with E-state index in [1.165, 1.54) is 19.2 Å². The highest BCUT2D eigenvalue weighted by Crippen LogP contribution is 2.35. The number of aryl methyl sites for hydroxylation is 1. The molecule has 0 fully saturated rings. The standard InChI is InChI=1S/C10H13N5O.C8H7N5O3/c1-3-16-9-7(5-4-6-8(9)11)10-12-13-14-15(10)2;1-16-7-5(8-9-11-12-10-8)3-2-4-6(7)13(14)15/h4-6H,3,11H2,1-2H3;2-4H,1H3,(H,9,10,11,12). The third-order valence-corrected chi connectivity index (χ3v) is 4.18. The quantitative estimate of drug-likeness (QED) is 0.252. The Hall–Kier alpha value is -4.62. The summed E-state index contributed by atoms with van der Waals surface area (Å²) in [6.45, 7) is 2.46. The molecule has 0 aliphatic rings. The number of nitrogens with two attached hydrogens (primary N) is 1. The first kappa shape index (κ1) is 22.1. The number of H-pyrrole nitrogens is 1. The zero-order valence-electron chi connectivity index (χ0n) is 17.5. The van der Waals surface area contributed by atoms with E-state index in [0.29, 0.717) is 29.4 Å². The molecule has 4 aromatic rings. The maximum absolute atomic E-state index is 10.8. The van der Waals surface area contributed by atoms with E-state index in [0.717, 1.165) is 5.56 Å². The predicted octanol–water partition coefficient (Wildman–Crippen LogP) is 1.64. The lowest BCUT2D eigenvalue weighted by Gasteiger charge is -2.11. The lowest BCUT2D eigenvalue weighted by molar-refractivity contribution is -0.385. The largest absolute Gasteiger partial charge is 0.491 e. The third-order valence-electron chi connectivity index (χ3n) is 4.18. The minimum absolute atomic E-state index is 0.119. The number of hydrogen-bond donors (Lipinski definition) is 2. The highest BCUT2D eigenvalue weighted by atomic mass is 16.6. The number of aromatic nitrogens is 8. The second-order valence-corrected chi connectivity index (χ2v) is 6.13. The second kappa shape index (κ2) is 9.92. The average molecular weight is 440 g/mol. The summed E-state index contributed by atoms with van der Waals surface area (Å²) in [5, 5.41) is 35.2. The number of anilines is 1. The van der Waals surface area contributed by atoms with Gasteiger partial charge in [-0.1, -0.05) is 12.1 Å². The molecular formula is C18H20N10O4. The Balaban J connectivity index is 0.000000181.